The van der Waals surface area contributed by atoms with Gasteiger partial charge in [0.1, 0.15) is 6.10 Å². The van der Waals surface area contributed by atoms with E-state index in [1.54, 1.807) is 0 Å². The molecule has 0 bridgehead atoms. The van der Waals surface area contributed by atoms with Gasteiger partial charge < -0.3 is 4.74 Å². The molecule has 0 radical (unpaired) electrons. The Hall–Kier alpha value is -1.94. The van der Waals surface area contributed by atoms with Crippen LogP contribution in [-0.4, -0.2) is 12.4 Å². The first kappa shape index (κ1) is 14.6. The normalized spacial score (nSPS) is 30.4. The van der Waals surface area contributed by atoms with E-state index in [1.807, 2.05) is 31.2 Å². The molecule has 0 aromatic heterocycles. The number of allylic oxidation sites excluding steroid dienone is 1. The van der Waals surface area contributed by atoms with Gasteiger partial charge in [-0.15, -0.1) is 0 Å². The quantitative estimate of drug-likeness (QED) is 0.767. The Labute approximate surface area is 136 Å². The molecule has 4 rings (SSSR count). The highest BCUT2D eigenvalue weighted by atomic mass is 17.2. The summed E-state index contributed by atoms with van der Waals surface area (Å²) in [5.41, 5.74) is 3.09. The van der Waals surface area contributed by atoms with Crippen LogP contribution in [0.1, 0.15) is 30.9 Å². The number of hydrogen-bond donors (Lipinski definition) is 0. The van der Waals surface area contributed by atoms with Crippen LogP contribution in [0.5, 0.6) is 0 Å². The van der Waals surface area contributed by atoms with Crippen molar-refractivity contribution in [3.8, 4) is 0 Å². The standard InChI is InChI=1S/C20H20O3/c1-15-21-19-14-17(16-8-4-2-5-9-16)12-13-20(19,23-22-15)18-10-6-3-7-11-18/h2-11,14-15,19H,12-13H2,1H3/t15?,19-,20-/m0/s1. The average Bonchev–Trinajstić information content (AvgIpc) is 2.62. The van der Waals surface area contributed by atoms with Gasteiger partial charge in [-0.3, -0.25) is 0 Å². The number of rotatable bonds is 2. The van der Waals surface area contributed by atoms with Crippen LogP contribution in [0.25, 0.3) is 5.57 Å². The molecular weight excluding hydrogens is 288 g/mol. The maximum atomic E-state index is 6.08. The second kappa shape index (κ2) is 5.93. The molecule has 0 saturated carbocycles. The molecule has 0 N–H and O–H groups in total. The van der Waals surface area contributed by atoms with Gasteiger partial charge >= 0.3 is 0 Å². The molecule has 1 saturated heterocycles. The summed E-state index contributed by atoms with van der Waals surface area (Å²) >= 11 is 0. The van der Waals surface area contributed by atoms with E-state index in [2.05, 4.69) is 42.5 Å². The molecular formula is C20H20O3. The molecule has 118 valence electrons. The molecule has 1 aliphatic heterocycles. The lowest BCUT2D eigenvalue weighted by molar-refractivity contribution is -0.486. The Kier molecular flexibility index (Phi) is 3.77. The summed E-state index contributed by atoms with van der Waals surface area (Å²) in [4.78, 5) is 11.3. The van der Waals surface area contributed by atoms with E-state index in [4.69, 9.17) is 14.5 Å². The lowest BCUT2D eigenvalue weighted by Crippen LogP contribution is -2.50. The SMILES string of the molecule is CC1OO[C@]2(c3ccccc3)CCC(c3ccccc3)=C[C@@H]2O1. The summed E-state index contributed by atoms with van der Waals surface area (Å²) in [5, 5.41) is 0. The third kappa shape index (κ3) is 2.61. The van der Waals surface area contributed by atoms with E-state index in [9.17, 15) is 0 Å². The van der Waals surface area contributed by atoms with E-state index >= 15 is 0 Å². The lowest BCUT2D eigenvalue weighted by Gasteiger charge is -2.46. The second-order valence-corrected chi connectivity index (χ2v) is 6.12. The van der Waals surface area contributed by atoms with Crippen LogP contribution in [0, 0.1) is 0 Å². The van der Waals surface area contributed by atoms with Crippen LogP contribution in [0.3, 0.4) is 0 Å². The van der Waals surface area contributed by atoms with Gasteiger partial charge in [-0.05, 0) is 42.5 Å². The van der Waals surface area contributed by atoms with Gasteiger partial charge in [0.2, 0.25) is 0 Å². The third-order valence-electron chi connectivity index (χ3n) is 4.66. The zero-order chi connectivity index (χ0) is 15.7. The maximum Gasteiger partial charge on any atom is 0.189 e. The largest absolute Gasteiger partial charge is 0.339 e. The summed E-state index contributed by atoms with van der Waals surface area (Å²) in [6, 6.07) is 20.7. The van der Waals surface area contributed by atoms with Crippen LogP contribution in [0.4, 0.5) is 0 Å². The number of fused-ring (bicyclic) bond motifs is 1. The molecule has 1 heterocycles. The highest BCUT2D eigenvalue weighted by Crippen LogP contribution is 2.46. The van der Waals surface area contributed by atoms with Gasteiger partial charge in [0, 0.05) is 0 Å². The maximum absolute atomic E-state index is 6.08. The van der Waals surface area contributed by atoms with Crippen molar-refractivity contribution in [2.75, 3.05) is 0 Å². The van der Waals surface area contributed by atoms with Crippen molar-refractivity contribution in [3.05, 3.63) is 77.9 Å². The molecule has 3 atom stereocenters. The lowest BCUT2D eigenvalue weighted by atomic mass is 9.76. The third-order valence-corrected chi connectivity index (χ3v) is 4.66. The van der Waals surface area contributed by atoms with Gasteiger partial charge in [0.05, 0.1) is 0 Å². The summed E-state index contributed by atoms with van der Waals surface area (Å²) in [7, 11) is 0. The van der Waals surface area contributed by atoms with E-state index < -0.39 is 5.60 Å². The predicted molar refractivity (Wildman–Crippen MR) is 88.3 cm³/mol. The first-order valence-electron chi connectivity index (χ1n) is 8.09. The van der Waals surface area contributed by atoms with E-state index in [0.29, 0.717) is 0 Å². The minimum atomic E-state index is -0.563. The highest BCUT2D eigenvalue weighted by molar-refractivity contribution is 5.67. The Balaban J connectivity index is 1.74. The molecule has 0 amide bonds. The minimum absolute atomic E-state index is 0.155. The average molecular weight is 308 g/mol. The van der Waals surface area contributed by atoms with Gasteiger partial charge in [-0.1, -0.05) is 60.7 Å². The monoisotopic (exact) mass is 308 g/mol. The van der Waals surface area contributed by atoms with Crippen LogP contribution < -0.4 is 0 Å². The van der Waals surface area contributed by atoms with Crippen molar-refractivity contribution in [3.63, 3.8) is 0 Å². The van der Waals surface area contributed by atoms with Crippen molar-refractivity contribution in [1.29, 1.82) is 0 Å². The van der Waals surface area contributed by atoms with Crippen LogP contribution in [-0.2, 0) is 20.1 Å². The van der Waals surface area contributed by atoms with Crippen LogP contribution in [0.2, 0.25) is 0 Å². The molecule has 0 spiro atoms. The fraction of sp³-hybridized carbons (Fsp3) is 0.300. The summed E-state index contributed by atoms with van der Waals surface area (Å²) < 4.78 is 6.08. The van der Waals surface area contributed by atoms with Gasteiger partial charge in [0.25, 0.3) is 0 Å². The van der Waals surface area contributed by atoms with E-state index in [-0.39, 0.29) is 12.4 Å². The fourth-order valence-corrected chi connectivity index (χ4v) is 3.45. The molecule has 2 aliphatic rings. The fourth-order valence-electron chi connectivity index (χ4n) is 3.45. The molecule has 3 nitrogen and oxygen atoms in total. The highest BCUT2D eigenvalue weighted by Gasteiger charge is 2.49. The molecule has 2 aromatic rings. The van der Waals surface area contributed by atoms with Crippen LogP contribution >= 0.6 is 0 Å². The van der Waals surface area contributed by atoms with Crippen molar-refractivity contribution >= 4 is 5.57 Å². The zero-order valence-electron chi connectivity index (χ0n) is 13.1. The van der Waals surface area contributed by atoms with Gasteiger partial charge in [-0.2, -0.15) is 0 Å². The van der Waals surface area contributed by atoms with Gasteiger partial charge in [0.15, 0.2) is 11.9 Å². The predicted octanol–water partition coefficient (Wildman–Crippen LogP) is 4.45. The number of hydrogen-bond acceptors (Lipinski definition) is 3. The van der Waals surface area contributed by atoms with E-state index in [0.717, 1.165) is 18.4 Å². The number of benzene rings is 2. The molecule has 1 fully saturated rings. The Bertz CT molecular complexity index is 695. The summed E-state index contributed by atoms with van der Waals surface area (Å²) in [6.07, 6.45) is 3.43. The topological polar surface area (TPSA) is 27.7 Å². The molecule has 3 heteroatoms. The van der Waals surface area contributed by atoms with E-state index in [1.165, 1.54) is 11.1 Å². The summed E-state index contributed by atoms with van der Waals surface area (Å²) in [5.74, 6) is 0. The van der Waals surface area contributed by atoms with Crippen molar-refractivity contribution < 1.29 is 14.5 Å². The summed E-state index contributed by atoms with van der Waals surface area (Å²) in [6.45, 7) is 1.86. The van der Waals surface area contributed by atoms with Crippen molar-refractivity contribution in [2.45, 2.75) is 37.8 Å². The van der Waals surface area contributed by atoms with Crippen LogP contribution in [0.15, 0.2) is 66.7 Å². The Morgan fingerprint density at radius 3 is 2.39 bits per heavy atom. The molecule has 1 aliphatic carbocycles. The second-order valence-electron chi connectivity index (χ2n) is 6.12. The van der Waals surface area contributed by atoms with Crippen molar-refractivity contribution in [2.24, 2.45) is 0 Å². The Morgan fingerprint density at radius 1 is 0.957 bits per heavy atom. The smallest absolute Gasteiger partial charge is 0.189 e. The molecule has 1 unspecified atom stereocenters. The Morgan fingerprint density at radius 2 is 1.65 bits per heavy atom. The van der Waals surface area contributed by atoms with Crippen molar-refractivity contribution in [1.82, 2.24) is 0 Å². The first-order chi connectivity index (χ1) is 11.3. The minimum Gasteiger partial charge on any atom is -0.339 e. The zero-order valence-corrected chi connectivity index (χ0v) is 13.1. The first-order valence-corrected chi connectivity index (χ1v) is 8.09. The molecule has 2 aromatic carbocycles. The molecule has 23 heavy (non-hydrogen) atoms. The number of ether oxygens (including phenoxy) is 1. The van der Waals surface area contributed by atoms with Gasteiger partial charge in [-0.25, -0.2) is 9.78 Å².